The van der Waals surface area contributed by atoms with Crippen LogP contribution in [-0.4, -0.2) is 41.7 Å². The van der Waals surface area contributed by atoms with Gasteiger partial charge in [-0.3, -0.25) is 0 Å². The molecule has 0 bridgehead atoms. The van der Waals surface area contributed by atoms with Gasteiger partial charge < -0.3 is 1.43 Å². The molecule has 3 aliphatic heterocycles. The third kappa shape index (κ3) is 19.7. The van der Waals surface area contributed by atoms with Crippen LogP contribution in [0.5, 0.6) is 0 Å². The quantitative estimate of drug-likeness (QED) is 0.336. The molecule has 0 nitrogen and oxygen atoms in total. The molecule has 3 saturated heterocycles. The molecular formula is C10H29AgAlCl4LiSi3. The fourth-order valence-electron chi connectivity index (χ4n) is 1.05. The molecule has 3 aliphatic rings. The Morgan fingerprint density at radius 2 is 1.25 bits per heavy atom. The van der Waals surface area contributed by atoms with Crippen molar-refractivity contribution in [3.63, 3.8) is 0 Å². The van der Waals surface area contributed by atoms with Crippen molar-refractivity contribution in [3.8, 4) is 0 Å². The van der Waals surface area contributed by atoms with Gasteiger partial charge in [0.25, 0.3) is 6.69 Å². The molecule has 10 heteroatoms. The molecule has 0 saturated carbocycles. The summed E-state index contributed by atoms with van der Waals surface area (Å²) in [6, 6.07) is 8.30. The van der Waals surface area contributed by atoms with Crippen LogP contribution in [0.3, 0.4) is 0 Å². The van der Waals surface area contributed by atoms with Crippen molar-refractivity contribution >= 4 is 84.1 Å². The van der Waals surface area contributed by atoms with E-state index in [2.05, 4.69) is 29.2 Å². The summed E-state index contributed by atoms with van der Waals surface area (Å²) >= 11 is 19.5. The van der Waals surface area contributed by atoms with Crippen molar-refractivity contribution in [3.05, 3.63) is 0 Å². The van der Waals surface area contributed by atoms with E-state index in [-0.39, 0.29) is 45.1 Å². The van der Waals surface area contributed by atoms with Gasteiger partial charge >= 0.3 is 48.0 Å². The topological polar surface area (TPSA) is 0 Å². The zero-order valence-corrected chi connectivity index (χ0v) is 19.0. The average molecular weight is 517 g/mol. The van der Waals surface area contributed by atoms with Crippen LogP contribution in [0.25, 0.3) is 0 Å². The van der Waals surface area contributed by atoms with Gasteiger partial charge in [0, 0.05) is 9.52 Å². The van der Waals surface area contributed by atoms with Crippen LogP contribution < -0.4 is 18.9 Å². The second-order valence-electron chi connectivity index (χ2n) is 4.65. The van der Waals surface area contributed by atoms with E-state index in [4.69, 9.17) is 33.2 Å². The molecule has 3 rings (SSSR count). The van der Waals surface area contributed by atoms with E-state index in [9.17, 15) is 0 Å². The molecule has 0 aromatic heterocycles. The SMILES string of the molecule is C.C1C[SiH2]C1.Cl[SiH]1CCC1.Cl[Si]1(Cl)CCC1.[AlH3].[Cl][Ag].[H-].[Li+]. The first kappa shape index (κ1) is 31.5. The molecule has 20 heavy (non-hydrogen) atoms. The van der Waals surface area contributed by atoms with Gasteiger partial charge in [0.1, 0.15) is 8.11 Å². The van der Waals surface area contributed by atoms with Crippen molar-refractivity contribution in [1.82, 2.24) is 0 Å². The number of rotatable bonds is 0. The fourth-order valence-corrected chi connectivity index (χ4v) is 5.69. The smallest absolute Gasteiger partial charge is 1.00 e. The van der Waals surface area contributed by atoms with E-state index in [0.717, 1.165) is 12.1 Å². The van der Waals surface area contributed by atoms with Crippen LogP contribution in [0.1, 0.15) is 28.1 Å². The Hall–Kier alpha value is 3.68. The first-order valence-electron chi connectivity index (χ1n) is 6.23. The van der Waals surface area contributed by atoms with Crippen molar-refractivity contribution in [2.45, 2.75) is 63.0 Å². The standard InChI is InChI=1S/C3H6Cl2Si.C3H7ClSi.C3H8Si.CH4.Ag.Al.ClH.Li.4H/c4-6(5)2-1-3-6;4-5-2-1-3-5;1-2-4-3-1;;;;;;;;;/h1-3H2;5H,1-3H2;1-4H2;1H4;;;1H;;;;;/q;;;;+1;;;+1;;;;-1/p-1. The van der Waals surface area contributed by atoms with E-state index in [1.54, 1.807) is 18.5 Å². The van der Waals surface area contributed by atoms with Gasteiger partial charge in [0.05, 0.1) is 0 Å². The van der Waals surface area contributed by atoms with Crippen molar-refractivity contribution in [2.75, 3.05) is 0 Å². The van der Waals surface area contributed by atoms with E-state index in [0.29, 0.717) is 9.52 Å². The van der Waals surface area contributed by atoms with Crippen LogP contribution in [0.2, 0.25) is 36.3 Å². The summed E-state index contributed by atoms with van der Waals surface area (Å²) in [6.07, 6.45) is 4.24. The molecule has 0 unspecified atom stereocenters. The van der Waals surface area contributed by atoms with Gasteiger partial charge in [-0.2, -0.15) is 11.1 Å². The van der Waals surface area contributed by atoms with Crippen molar-refractivity contribution < 1.29 is 40.3 Å². The van der Waals surface area contributed by atoms with Gasteiger partial charge in [0.2, 0.25) is 0 Å². The fraction of sp³-hybridized carbons (Fsp3) is 1.00. The molecule has 0 atom stereocenters. The molecule has 3 heterocycles. The number of hydrogen-bond acceptors (Lipinski definition) is 0. The second-order valence-corrected chi connectivity index (χ2v) is 18.6. The van der Waals surface area contributed by atoms with Gasteiger partial charge in [-0.25, -0.2) is 0 Å². The molecule has 0 aliphatic carbocycles. The van der Waals surface area contributed by atoms with Gasteiger partial charge in [-0.05, 0) is 24.2 Å². The van der Waals surface area contributed by atoms with Crippen molar-refractivity contribution in [1.29, 1.82) is 0 Å². The molecule has 0 aromatic carbocycles. The van der Waals surface area contributed by atoms with Gasteiger partial charge in [-0.15, -0.1) is 22.2 Å². The predicted molar refractivity (Wildman–Crippen MR) is 105 cm³/mol. The predicted octanol–water partition coefficient (Wildman–Crippen LogP) is 1.31. The summed E-state index contributed by atoms with van der Waals surface area (Å²) in [7, 11) is 4.56. The maximum absolute atomic E-state index is 5.71. The molecule has 124 valence electrons. The Bertz CT molecular complexity index is 186. The molecule has 3 fully saturated rings. The van der Waals surface area contributed by atoms with E-state index in [1.165, 1.54) is 24.9 Å². The summed E-state index contributed by atoms with van der Waals surface area (Å²) in [5.41, 5.74) is 0. The van der Waals surface area contributed by atoms with Crippen molar-refractivity contribution in [2.24, 2.45) is 0 Å². The Kier molecular flexibility index (Phi) is 32.6. The zero-order chi connectivity index (χ0) is 13.1. The summed E-state index contributed by atoms with van der Waals surface area (Å²) < 4.78 is 0. The third-order valence-corrected chi connectivity index (χ3v) is 12.9. The second kappa shape index (κ2) is 20.7. The maximum Gasteiger partial charge on any atom is 1.00 e. The van der Waals surface area contributed by atoms with E-state index in [1.807, 2.05) is 0 Å². The maximum atomic E-state index is 5.71. The summed E-state index contributed by atoms with van der Waals surface area (Å²) in [5.74, 6) is 0. The zero-order valence-electron chi connectivity index (χ0n) is 12.0. The molecule has 0 N–H and O–H groups in total. The minimum atomic E-state index is -1.51. The Labute approximate surface area is 185 Å². The van der Waals surface area contributed by atoms with Crippen LogP contribution in [0.4, 0.5) is 0 Å². The minimum Gasteiger partial charge on any atom is -1.00 e. The van der Waals surface area contributed by atoms with Crippen LogP contribution in [-0.2, 0) is 20.0 Å². The monoisotopic (exact) mass is 514 g/mol. The summed E-state index contributed by atoms with van der Waals surface area (Å²) in [6.45, 7) is -1.51. The van der Waals surface area contributed by atoms with Crippen LogP contribution in [0.15, 0.2) is 0 Å². The Balaban J connectivity index is -0.0000000534. The number of halogens is 4. The number of hydrogen-bond donors (Lipinski definition) is 0. The molecule has 0 spiro atoms. The summed E-state index contributed by atoms with van der Waals surface area (Å²) in [5, 5.41) is 0. The molecular weight excluding hydrogens is 488 g/mol. The van der Waals surface area contributed by atoms with Gasteiger partial charge in [0.15, 0.2) is 17.4 Å². The molecule has 0 radical (unpaired) electrons. The van der Waals surface area contributed by atoms with Gasteiger partial charge in [-0.1, -0.05) is 38.8 Å². The largest absolute Gasteiger partial charge is 1.00 e. The average Bonchev–Trinajstić information content (AvgIpc) is 2.14. The normalized spacial score (nSPS) is 20.3. The van der Waals surface area contributed by atoms with Crippen LogP contribution >= 0.6 is 42.4 Å². The van der Waals surface area contributed by atoms with E-state index >= 15 is 0 Å². The molecule has 0 aromatic rings. The first-order chi connectivity index (χ1) is 8.10. The first-order valence-corrected chi connectivity index (χ1v) is 18.0. The summed E-state index contributed by atoms with van der Waals surface area (Å²) in [4.78, 5) is 0. The van der Waals surface area contributed by atoms with E-state index < -0.39 is 14.8 Å². The minimum absolute atomic E-state index is 0. The third-order valence-electron chi connectivity index (χ3n) is 3.12. The van der Waals surface area contributed by atoms with Crippen LogP contribution in [0, 0.1) is 0 Å². The Morgan fingerprint density at radius 3 is 1.25 bits per heavy atom. The molecule has 0 amide bonds. The Morgan fingerprint density at radius 1 is 1.00 bits per heavy atom.